The van der Waals surface area contributed by atoms with E-state index in [2.05, 4.69) is 5.32 Å². The van der Waals surface area contributed by atoms with Crippen LogP contribution >= 0.6 is 0 Å². The molecule has 2 N–H and O–H groups in total. The van der Waals surface area contributed by atoms with Crippen LogP contribution in [0.15, 0.2) is 18.2 Å². The van der Waals surface area contributed by atoms with Gasteiger partial charge < -0.3 is 19.9 Å². The van der Waals surface area contributed by atoms with E-state index in [1.807, 2.05) is 18.2 Å². The molecule has 2 atom stereocenters. The number of aliphatic carboxylic acids is 1. The first-order chi connectivity index (χ1) is 12.6. The second-order valence-corrected chi connectivity index (χ2v) is 7.64. The number of carboxylic acids is 1. The lowest BCUT2D eigenvalue weighted by molar-refractivity contribution is -0.148. The number of nitrogens with one attached hydrogen (secondary N) is 1. The van der Waals surface area contributed by atoms with Crippen molar-refractivity contribution in [2.45, 2.75) is 56.4 Å². The molecule has 1 heterocycles. The Labute approximate surface area is 152 Å². The van der Waals surface area contributed by atoms with Gasteiger partial charge in [-0.2, -0.15) is 0 Å². The Morgan fingerprint density at radius 1 is 1.04 bits per heavy atom. The lowest BCUT2D eigenvalue weighted by Crippen LogP contribution is -2.54. The van der Waals surface area contributed by atoms with Crippen LogP contribution in [-0.2, 0) is 9.59 Å². The normalized spacial score (nSPS) is 26.5. The van der Waals surface area contributed by atoms with Crippen molar-refractivity contribution in [3.8, 4) is 11.5 Å². The van der Waals surface area contributed by atoms with Crippen molar-refractivity contribution in [1.29, 1.82) is 0 Å². The molecule has 0 aromatic heterocycles. The number of carboxylic acid groups (broad SMARTS) is 1. The van der Waals surface area contributed by atoms with Crippen molar-refractivity contribution in [2.24, 2.45) is 5.92 Å². The third kappa shape index (κ3) is 3.24. The van der Waals surface area contributed by atoms with Crippen molar-refractivity contribution in [2.75, 3.05) is 13.2 Å². The van der Waals surface area contributed by atoms with E-state index in [4.69, 9.17) is 9.47 Å². The van der Waals surface area contributed by atoms with E-state index in [0.29, 0.717) is 26.1 Å². The predicted molar refractivity (Wildman–Crippen MR) is 94.5 cm³/mol. The van der Waals surface area contributed by atoms with Crippen LogP contribution in [0.25, 0.3) is 0 Å². The molecule has 1 aliphatic heterocycles. The third-order valence-electron chi connectivity index (χ3n) is 5.85. The maximum Gasteiger partial charge on any atom is 0.329 e. The number of ether oxygens (including phenoxy) is 2. The summed E-state index contributed by atoms with van der Waals surface area (Å²) in [6.45, 7) is 1.09. The van der Waals surface area contributed by atoms with Crippen molar-refractivity contribution in [3.63, 3.8) is 0 Å². The van der Waals surface area contributed by atoms with E-state index in [0.717, 1.165) is 49.2 Å². The average Bonchev–Trinajstić information content (AvgIpc) is 3.46. The summed E-state index contributed by atoms with van der Waals surface area (Å²) >= 11 is 0. The molecule has 2 aliphatic carbocycles. The Balaban J connectivity index is 1.44. The number of amides is 1. The van der Waals surface area contributed by atoms with Gasteiger partial charge in [-0.25, -0.2) is 4.79 Å². The number of fused-ring (bicyclic) bond motifs is 1. The zero-order chi connectivity index (χ0) is 18.1. The van der Waals surface area contributed by atoms with Gasteiger partial charge in [-0.1, -0.05) is 31.7 Å². The highest BCUT2D eigenvalue weighted by molar-refractivity contribution is 5.90. The third-order valence-corrected chi connectivity index (χ3v) is 5.85. The van der Waals surface area contributed by atoms with Gasteiger partial charge in [0.15, 0.2) is 11.5 Å². The Hall–Kier alpha value is -2.24. The van der Waals surface area contributed by atoms with Crippen molar-refractivity contribution >= 4 is 11.9 Å². The minimum Gasteiger partial charge on any atom is -0.486 e. The number of hydrogen-bond acceptors (Lipinski definition) is 4. The molecule has 2 fully saturated rings. The van der Waals surface area contributed by atoms with E-state index in [1.54, 1.807) is 0 Å². The quantitative estimate of drug-likeness (QED) is 0.808. The van der Waals surface area contributed by atoms with Gasteiger partial charge in [0.2, 0.25) is 5.91 Å². The van der Waals surface area contributed by atoms with Gasteiger partial charge >= 0.3 is 5.97 Å². The fourth-order valence-corrected chi connectivity index (χ4v) is 4.20. The van der Waals surface area contributed by atoms with Crippen LogP contribution in [0.5, 0.6) is 11.5 Å². The van der Waals surface area contributed by atoms with Crippen LogP contribution in [0.2, 0.25) is 0 Å². The van der Waals surface area contributed by atoms with E-state index in [-0.39, 0.29) is 17.7 Å². The summed E-state index contributed by atoms with van der Waals surface area (Å²) in [6.07, 6.45) is 5.57. The van der Waals surface area contributed by atoms with Crippen LogP contribution in [-0.4, -0.2) is 35.7 Å². The molecule has 26 heavy (non-hydrogen) atoms. The maximum absolute atomic E-state index is 12.7. The minimum absolute atomic E-state index is 0.127. The molecule has 1 aromatic rings. The summed E-state index contributed by atoms with van der Waals surface area (Å²) in [4.78, 5) is 24.6. The molecule has 6 heteroatoms. The summed E-state index contributed by atoms with van der Waals surface area (Å²) in [5.74, 6) is 0.411. The molecule has 2 unspecified atom stereocenters. The molecule has 2 saturated carbocycles. The number of carbonyl (C=O) groups is 2. The lowest BCUT2D eigenvalue weighted by Gasteiger charge is -2.29. The fraction of sp³-hybridized carbons (Fsp3) is 0.600. The van der Waals surface area contributed by atoms with E-state index in [9.17, 15) is 14.7 Å². The van der Waals surface area contributed by atoms with Crippen LogP contribution in [0.1, 0.15) is 56.4 Å². The van der Waals surface area contributed by atoms with Gasteiger partial charge in [0.05, 0.1) is 0 Å². The zero-order valence-electron chi connectivity index (χ0n) is 14.8. The second-order valence-electron chi connectivity index (χ2n) is 7.64. The SMILES string of the molecule is O=C(NC1(C(=O)O)CCCCCC1)C1CC1c1ccc2c(c1)OCCO2. The average molecular weight is 359 g/mol. The molecule has 3 aliphatic rings. The molecule has 1 aromatic carbocycles. The highest BCUT2D eigenvalue weighted by atomic mass is 16.6. The first-order valence-electron chi connectivity index (χ1n) is 9.54. The molecule has 0 saturated heterocycles. The van der Waals surface area contributed by atoms with Crippen LogP contribution in [0.3, 0.4) is 0 Å². The van der Waals surface area contributed by atoms with Gasteiger partial charge in [-0.3, -0.25) is 4.79 Å². The van der Waals surface area contributed by atoms with Gasteiger partial charge in [-0.05, 0) is 42.9 Å². The van der Waals surface area contributed by atoms with Gasteiger partial charge in [-0.15, -0.1) is 0 Å². The van der Waals surface area contributed by atoms with E-state index in [1.165, 1.54) is 0 Å². The summed E-state index contributed by atoms with van der Waals surface area (Å²) in [7, 11) is 0. The van der Waals surface area contributed by atoms with Crippen LogP contribution in [0, 0.1) is 5.92 Å². The van der Waals surface area contributed by atoms with E-state index >= 15 is 0 Å². The molecule has 0 spiro atoms. The first-order valence-corrected chi connectivity index (χ1v) is 9.54. The summed E-state index contributed by atoms with van der Waals surface area (Å²) in [6, 6.07) is 5.82. The van der Waals surface area contributed by atoms with Gasteiger partial charge in [0.25, 0.3) is 0 Å². The fourth-order valence-electron chi connectivity index (χ4n) is 4.20. The van der Waals surface area contributed by atoms with Crippen LogP contribution < -0.4 is 14.8 Å². The van der Waals surface area contributed by atoms with Crippen molar-refractivity contribution < 1.29 is 24.2 Å². The van der Waals surface area contributed by atoms with Gasteiger partial charge in [0, 0.05) is 5.92 Å². The highest BCUT2D eigenvalue weighted by Crippen LogP contribution is 2.49. The summed E-state index contributed by atoms with van der Waals surface area (Å²) in [5, 5.41) is 12.6. The van der Waals surface area contributed by atoms with Gasteiger partial charge in [0.1, 0.15) is 18.8 Å². The largest absolute Gasteiger partial charge is 0.486 e. The highest BCUT2D eigenvalue weighted by Gasteiger charge is 2.48. The van der Waals surface area contributed by atoms with Crippen molar-refractivity contribution in [1.82, 2.24) is 5.32 Å². The molecule has 1 amide bonds. The summed E-state index contributed by atoms with van der Waals surface area (Å²) in [5.41, 5.74) is -0.0345. The monoisotopic (exact) mass is 359 g/mol. The minimum atomic E-state index is -1.09. The lowest BCUT2D eigenvalue weighted by atomic mass is 9.90. The number of rotatable bonds is 4. The standard InChI is InChI=1S/C20H25NO5/c22-18(21-20(19(23)24)7-3-1-2-4-8-20)15-12-14(15)13-5-6-16-17(11-13)26-10-9-25-16/h5-6,11,14-15H,1-4,7-10,12H2,(H,21,22)(H,23,24). The molecule has 0 radical (unpaired) electrons. The Bertz CT molecular complexity index is 708. The Kier molecular flexibility index (Phi) is 4.51. The Morgan fingerprint density at radius 3 is 2.42 bits per heavy atom. The molecule has 4 rings (SSSR count). The zero-order valence-corrected chi connectivity index (χ0v) is 14.8. The maximum atomic E-state index is 12.7. The molecule has 140 valence electrons. The molecule has 6 nitrogen and oxygen atoms in total. The number of carbonyl (C=O) groups excluding carboxylic acids is 1. The molecular weight excluding hydrogens is 334 g/mol. The molecular formula is C20H25NO5. The number of hydrogen-bond donors (Lipinski definition) is 2. The van der Waals surface area contributed by atoms with Crippen molar-refractivity contribution in [3.05, 3.63) is 23.8 Å². The second kappa shape index (κ2) is 6.82. The Morgan fingerprint density at radius 2 is 1.73 bits per heavy atom. The summed E-state index contributed by atoms with van der Waals surface area (Å²) < 4.78 is 11.2. The van der Waals surface area contributed by atoms with Crippen LogP contribution in [0.4, 0.5) is 0 Å². The molecule has 0 bridgehead atoms. The van der Waals surface area contributed by atoms with E-state index < -0.39 is 11.5 Å². The topological polar surface area (TPSA) is 84.9 Å². The smallest absolute Gasteiger partial charge is 0.329 e. The number of benzene rings is 1. The predicted octanol–water partition coefficient (Wildman–Crippen LogP) is 2.86. The first kappa shape index (κ1) is 17.2.